The third-order valence-corrected chi connectivity index (χ3v) is 7.84. The van der Waals surface area contributed by atoms with Crippen molar-refractivity contribution in [1.82, 2.24) is 30.5 Å². The van der Waals surface area contributed by atoms with Gasteiger partial charge in [0.2, 0.25) is 5.95 Å². The second-order valence-corrected chi connectivity index (χ2v) is 12.0. The number of anilines is 1. The van der Waals surface area contributed by atoms with Crippen LogP contribution in [0.5, 0.6) is 0 Å². The van der Waals surface area contributed by atoms with Crippen molar-refractivity contribution in [3.05, 3.63) is 27.9 Å². The third-order valence-electron chi connectivity index (χ3n) is 6.33. The molecule has 10 nitrogen and oxygen atoms in total. The number of nitrogens with one attached hydrogen (secondary N) is 2. The van der Waals surface area contributed by atoms with Crippen LogP contribution in [-0.2, 0) is 4.74 Å². The van der Waals surface area contributed by atoms with Crippen molar-refractivity contribution in [3.8, 4) is 17.3 Å². The first kappa shape index (κ1) is 25.2. The molecule has 5 rings (SSSR count). The van der Waals surface area contributed by atoms with E-state index in [1.165, 1.54) is 11.3 Å². The van der Waals surface area contributed by atoms with E-state index in [-0.39, 0.29) is 5.69 Å². The number of piperidine rings is 1. The molecular formula is C25H27ClN8O2S. The summed E-state index contributed by atoms with van der Waals surface area (Å²) in [6, 6.07) is 5.98. The van der Waals surface area contributed by atoms with Crippen molar-refractivity contribution in [2.24, 2.45) is 0 Å². The number of H-pyrrole nitrogens is 1. The van der Waals surface area contributed by atoms with E-state index < -0.39 is 17.2 Å². The minimum absolute atomic E-state index is 0.223. The summed E-state index contributed by atoms with van der Waals surface area (Å²) >= 11 is 8.26. The van der Waals surface area contributed by atoms with Gasteiger partial charge >= 0.3 is 6.09 Å². The van der Waals surface area contributed by atoms with Crippen molar-refractivity contribution in [1.29, 1.82) is 5.26 Å². The largest absolute Gasteiger partial charge is 0.444 e. The van der Waals surface area contributed by atoms with Crippen LogP contribution in [0.25, 0.3) is 32.5 Å². The first-order chi connectivity index (χ1) is 17.5. The number of ether oxygens (including phenoxy) is 1. The Labute approximate surface area is 223 Å². The molecule has 1 fully saturated rings. The van der Waals surface area contributed by atoms with Gasteiger partial charge in [-0.2, -0.15) is 15.3 Å². The standard InChI is InChI=1S/C25H27ClN8O2S/c1-13-28-15-7-6-14(18(26)20(15)37-13)19-17-16(12-27)29-22(30-21(17)33-32-19)34-10-8-25(5,9-11-34)31-23(35)36-24(2,3)4/h6-7H,8-11H2,1-5H3,(H,31,35)(H,29,30,32,33). The lowest BCUT2D eigenvalue weighted by Crippen LogP contribution is -2.54. The molecule has 0 radical (unpaired) electrons. The summed E-state index contributed by atoms with van der Waals surface area (Å²) in [6.45, 7) is 10.7. The van der Waals surface area contributed by atoms with E-state index in [0.717, 1.165) is 20.8 Å². The fourth-order valence-electron chi connectivity index (χ4n) is 4.47. The Bertz CT molecular complexity index is 1560. The van der Waals surface area contributed by atoms with Gasteiger partial charge in [-0.15, -0.1) is 11.3 Å². The molecule has 1 aliphatic heterocycles. The number of nitrogens with zero attached hydrogens (tertiary/aromatic N) is 6. The van der Waals surface area contributed by atoms with Gasteiger partial charge in [0.1, 0.15) is 11.7 Å². The van der Waals surface area contributed by atoms with Crippen LogP contribution in [0.15, 0.2) is 12.1 Å². The van der Waals surface area contributed by atoms with E-state index in [2.05, 4.69) is 36.5 Å². The summed E-state index contributed by atoms with van der Waals surface area (Å²) in [5.74, 6) is 0.432. The normalized spacial score (nSPS) is 15.6. The summed E-state index contributed by atoms with van der Waals surface area (Å²) in [7, 11) is 0. The van der Waals surface area contributed by atoms with Crippen LogP contribution < -0.4 is 10.2 Å². The zero-order valence-electron chi connectivity index (χ0n) is 21.3. The van der Waals surface area contributed by atoms with Gasteiger partial charge in [-0.1, -0.05) is 11.6 Å². The smallest absolute Gasteiger partial charge is 0.408 e. The average molecular weight is 539 g/mol. The maximum Gasteiger partial charge on any atom is 0.408 e. The van der Waals surface area contributed by atoms with Gasteiger partial charge in [0.05, 0.1) is 31.3 Å². The first-order valence-electron chi connectivity index (χ1n) is 11.9. The molecule has 1 saturated heterocycles. The highest BCUT2D eigenvalue weighted by molar-refractivity contribution is 7.19. The van der Waals surface area contributed by atoms with E-state index in [9.17, 15) is 10.1 Å². The maximum absolute atomic E-state index is 12.3. The number of aryl methyl sites for hydroxylation is 1. The summed E-state index contributed by atoms with van der Waals surface area (Å²) in [5.41, 5.74) is 1.80. The quantitative estimate of drug-likeness (QED) is 0.357. The highest BCUT2D eigenvalue weighted by Gasteiger charge is 2.34. The number of aromatic amines is 1. The SMILES string of the molecule is Cc1nc2ccc(-c3[nH]nc4nc(N5CCC(C)(NC(=O)OC(C)(C)C)CC5)nc(C#N)c34)c(Cl)c2s1. The molecule has 0 bridgehead atoms. The molecule has 1 amide bonds. The summed E-state index contributed by atoms with van der Waals surface area (Å²) in [4.78, 5) is 28.0. The van der Waals surface area contributed by atoms with Crippen LogP contribution in [0.3, 0.4) is 0 Å². The fourth-order valence-corrected chi connectivity index (χ4v) is 5.70. The van der Waals surface area contributed by atoms with Crippen molar-refractivity contribution >= 4 is 56.2 Å². The average Bonchev–Trinajstić information content (AvgIpc) is 3.41. The second kappa shape index (κ2) is 9.11. The van der Waals surface area contributed by atoms with Crippen LogP contribution >= 0.6 is 22.9 Å². The number of fused-ring (bicyclic) bond motifs is 2. The summed E-state index contributed by atoms with van der Waals surface area (Å²) in [6.07, 6.45) is 0.915. The summed E-state index contributed by atoms with van der Waals surface area (Å²) < 4.78 is 6.30. The predicted octanol–water partition coefficient (Wildman–Crippen LogP) is 5.35. The molecule has 4 aromatic rings. The van der Waals surface area contributed by atoms with Crippen LogP contribution in [0, 0.1) is 18.3 Å². The number of rotatable bonds is 3. The van der Waals surface area contributed by atoms with Gasteiger partial charge in [0, 0.05) is 24.2 Å². The number of alkyl carbamates (subject to hydrolysis) is 1. The number of amides is 1. The number of carbonyl (C=O) groups is 1. The molecule has 1 aliphatic rings. The second-order valence-electron chi connectivity index (χ2n) is 10.5. The zero-order chi connectivity index (χ0) is 26.5. The number of carbonyl (C=O) groups excluding carboxylic acids is 1. The number of hydrogen-bond donors (Lipinski definition) is 2. The van der Waals surface area contributed by atoms with Crippen molar-refractivity contribution in [2.75, 3.05) is 18.0 Å². The van der Waals surface area contributed by atoms with Crippen molar-refractivity contribution in [3.63, 3.8) is 0 Å². The highest BCUT2D eigenvalue weighted by atomic mass is 35.5. The number of hydrogen-bond acceptors (Lipinski definition) is 9. The first-order valence-corrected chi connectivity index (χ1v) is 13.1. The topological polar surface area (TPSA) is 133 Å². The molecule has 0 spiro atoms. The van der Waals surface area contributed by atoms with Crippen LogP contribution in [0.4, 0.5) is 10.7 Å². The Kier molecular flexibility index (Phi) is 6.20. The predicted molar refractivity (Wildman–Crippen MR) is 144 cm³/mol. The monoisotopic (exact) mass is 538 g/mol. The Morgan fingerprint density at radius 3 is 2.68 bits per heavy atom. The molecule has 0 unspecified atom stereocenters. The highest BCUT2D eigenvalue weighted by Crippen LogP contribution is 2.39. The summed E-state index contributed by atoms with van der Waals surface area (Å²) in [5, 5.41) is 22.4. The lowest BCUT2D eigenvalue weighted by Gasteiger charge is -2.40. The van der Waals surface area contributed by atoms with Gasteiger partial charge in [-0.3, -0.25) is 5.10 Å². The number of nitriles is 1. The van der Waals surface area contributed by atoms with E-state index >= 15 is 0 Å². The van der Waals surface area contributed by atoms with Crippen LogP contribution in [0.1, 0.15) is 51.2 Å². The van der Waals surface area contributed by atoms with Gasteiger partial charge in [-0.25, -0.2) is 14.8 Å². The molecular weight excluding hydrogens is 512 g/mol. The number of aromatic nitrogens is 5. The number of halogens is 1. The van der Waals surface area contributed by atoms with Crippen LogP contribution in [-0.4, -0.2) is 55.5 Å². The van der Waals surface area contributed by atoms with Gasteiger partial charge in [-0.05, 0) is 59.6 Å². The Morgan fingerprint density at radius 1 is 1.27 bits per heavy atom. The van der Waals surface area contributed by atoms with Crippen molar-refractivity contribution in [2.45, 2.75) is 58.6 Å². The van der Waals surface area contributed by atoms with Crippen molar-refractivity contribution < 1.29 is 9.53 Å². The Morgan fingerprint density at radius 2 is 2.00 bits per heavy atom. The number of thiazole rings is 1. The molecule has 37 heavy (non-hydrogen) atoms. The lowest BCUT2D eigenvalue weighted by atomic mass is 9.90. The van der Waals surface area contributed by atoms with E-state index in [1.54, 1.807) is 0 Å². The van der Waals surface area contributed by atoms with E-state index in [1.807, 2.05) is 51.7 Å². The minimum atomic E-state index is -0.559. The molecule has 192 valence electrons. The number of benzene rings is 1. The van der Waals surface area contributed by atoms with E-state index in [0.29, 0.717) is 53.6 Å². The lowest BCUT2D eigenvalue weighted by molar-refractivity contribution is 0.0448. The molecule has 0 aliphatic carbocycles. The van der Waals surface area contributed by atoms with Gasteiger partial charge < -0.3 is 15.0 Å². The Hall–Kier alpha value is -3.49. The van der Waals surface area contributed by atoms with Gasteiger partial charge in [0.15, 0.2) is 11.3 Å². The molecule has 0 saturated carbocycles. The molecule has 0 atom stereocenters. The minimum Gasteiger partial charge on any atom is -0.444 e. The fraction of sp³-hybridized carbons (Fsp3) is 0.440. The maximum atomic E-state index is 12.3. The Balaban J connectivity index is 1.41. The molecule has 3 aromatic heterocycles. The third kappa shape index (κ3) is 4.91. The van der Waals surface area contributed by atoms with E-state index in [4.69, 9.17) is 16.3 Å². The molecule has 1 aromatic carbocycles. The molecule has 12 heteroatoms. The van der Waals surface area contributed by atoms with Crippen LogP contribution in [0.2, 0.25) is 5.02 Å². The molecule has 4 heterocycles. The zero-order valence-corrected chi connectivity index (χ0v) is 22.8. The molecule has 2 N–H and O–H groups in total. The van der Waals surface area contributed by atoms with Gasteiger partial charge in [0.25, 0.3) is 0 Å².